The SMILES string of the molecule is CCCN(CC(F)(F)F)C1COc2ccccc2C1O. The van der Waals surface area contributed by atoms with E-state index in [0.29, 0.717) is 17.7 Å². The van der Waals surface area contributed by atoms with E-state index in [2.05, 4.69) is 0 Å². The third kappa shape index (κ3) is 3.43. The Labute approximate surface area is 116 Å². The number of para-hydroxylation sites is 1. The fourth-order valence-corrected chi connectivity index (χ4v) is 2.51. The molecule has 1 aromatic rings. The van der Waals surface area contributed by atoms with Gasteiger partial charge in [0, 0.05) is 5.56 Å². The number of benzene rings is 1. The fraction of sp³-hybridized carbons (Fsp3) is 0.571. The molecule has 0 radical (unpaired) electrons. The Hall–Kier alpha value is -1.27. The Morgan fingerprint density at radius 2 is 2.05 bits per heavy atom. The van der Waals surface area contributed by atoms with Crippen LogP contribution in [-0.4, -0.2) is 41.9 Å². The average molecular weight is 289 g/mol. The van der Waals surface area contributed by atoms with E-state index in [1.165, 1.54) is 4.90 Å². The predicted octanol–water partition coefficient (Wildman–Crippen LogP) is 2.76. The van der Waals surface area contributed by atoms with Gasteiger partial charge in [-0.2, -0.15) is 13.2 Å². The second kappa shape index (κ2) is 6.01. The molecule has 1 aliphatic rings. The van der Waals surface area contributed by atoms with Crippen molar-refractivity contribution >= 4 is 0 Å². The zero-order chi connectivity index (χ0) is 14.8. The quantitative estimate of drug-likeness (QED) is 0.925. The lowest BCUT2D eigenvalue weighted by Gasteiger charge is -2.38. The second-order valence-corrected chi connectivity index (χ2v) is 4.95. The van der Waals surface area contributed by atoms with E-state index >= 15 is 0 Å². The Balaban J connectivity index is 2.18. The number of fused-ring (bicyclic) bond motifs is 1. The zero-order valence-electron chi connectivity index (χ0n) is 11.2. The van der Waals surface area contributed by atoms with Gasteiger partial charge in [-0.15, -0.1) is 0 Å². The van der Waals surface area contributed by atoms with Crippen LogP contribution in [0, 0.1) is 0 Å². The lowest BCUT2D eigenvalue weighted by molar-refractivity contribution is -0.159. The van der Waals surface area contributed by atoms with Crippen molar-refractivity contribution < 1.29 is 23.0 Å². The van der Waals surface area contributed by atoms with Crippen LogP contribution in [0.4, 0.5) is 13.2 Å². The van der Waals surface area contributed by atoms with Crippen molar-refractivity contribution in [3.05, 3.63) is 29.8 Å². The highest BCUT2D eigenvalue weighted by atomic mass is 19.4. The minimum absolute atomic E-state index is 0.0637. The molecule has 0 saturated heterocycles. The Morgan fingerprint density at radius 1 is 1.35 bits per heavy atom. The Kier molecular flexibility index (Phi) is 4.55. The van der Waals surface area contributed by atoms with Gasteiger partial charge in [-0.25, -0.2) is 0 Å². The van der Waals surface area contributed by atoms with Gasteiger partial charge in [0.25, 0.3) is 0 Å². The van der Waals surface area contributed by atoms with Gasteiger partial charge < -0.3 is 9.84 Å². The monoisotopic (exact) mass is 289 g/mol. The highest BCUT2D eigenvalue weighted by Gasteiger charge is 2.39. The molecule has 0 saturated carbocycles. The van der Waals surface area contributed by atoms with E-state index in [-0.39, 0.29) is 13.2 Å². The van der Waals surface area contributed by atoms with Crippen LogP contribution < -0.4 is 4.74 Å². The molecule has 1 aliphatic heterocycles. The number of alkyl halides is 3. The number of hydrogen-bond donors (Lipinski definition) is 1. The molecule has 1 N–H and O–H groups in total. The molecule has 0 spiro atoms. The van der Waals surface area contributed by atoms with Gasteiger partial charge in [0.2, 0.25) is 0 Å². The van der Waals surface area contributed by atoms with E-state index in [1.54, 1.807) is 24.3 Å². The topological polar surface area (TPSA) is 32.7 Å². The molecule has 1 aromatic carbocycles. The summed E-state index contributed by atoms with van der Waals surface area (Å²) in [5.74, 6) is 0.541. The third-order valence-electron chi connectivity index (χ3n) is 3.37. The van der Waals surface area contributed by atoms with Crippen LogP contribution in [0.2, 0.25) is 0 Å². The molecule has 0 aliphatic carbocycles. The smallest absolute Gasteiger partial charge is 0.401 e. The van der Waals surface area contributed by atoms with E-state index in [9.17, 15) is 18.3 Å². The maximum absolute atomic E-state index is 12.6. The molecular weight excluding hydrogens is 271 g/mol. The van der Waals surface area contributed by atoms with Crippen molar-refractivity contribution in [1.29, 1.82) is 0 Å². The fourth-order valence-electron chi connectivity index (χ4n) is 2.51. The summed E-state index contributed by atoms with van der Waals surface area (Å²) in [6.07, 6.45) is -4.67. The standard InChI is InChI=1S/C14H18F3NO2/c1-2-7-18(9-14(15,16)17)11-8-20-12-6-4-3-5-10(12)13(11)19/h3-6,11,13,19H,2,7-9H2,1H3. The van der Waals surface area contributed by atoms with E-state index in [0.717, 1.165) is 0 Å². The first-order chi connectivity index (χ1) is 9.42. The molecule has 1 heterocycles. The maximum atomic E-state index is 12.6. The largest absolute Gasteiger partial charge is 0.491 e. The minimum atomic E-state index is -4.29. The van der Waals surface area contributed by atoms with Gasteiger partial charge in [0.15, 0.2) is 0 Å². The number of rotatable bonds is 4. The molecule has 0 amide bonds. The van der Waals surface area contributed by atoms with Crippen LogP contribution in [0.5, 0.6) is 5.75 Å². The summed E-state index contributed by atoms with van der Waals surface area (Å²) in [4.78, 5) is 1.25. The summed E-state index contributed by atoms with van der Waals surface area (Å²) < 4.78 is 43.4. The number of halogens is 3. The molecule has 0 fully saturated rings. The van der Waals surface area contributed by atoms with Gasteiger partial charge in [0.1, 0.15) is 18.5 Å². The lowest BCUT2D eigenvalue weighted by atomic mass is 9.97. The van der Waals surface area contributed by atoms with Crippen LogP contribution in [0.3, 0.4) is 0 Å². The number of nitrogens with zero attached hydrogens (tertiary/aromatic N) is 1. The van der Waals surface area contributed by atoms with Crippen LogP contribution in [0.25, 0.3) is 0 Å². The van der Waals surface area contributed by atoms with Crippen LogP contribution in [0.15, 0.2) is 24.3 Å². The minimum Gasteiger partial charge on any atom is -0.491 e. The van der Waals surface area contributed by atoms with Crippen LogP contribution in [-0.2, 0) is 0 Å². The molecular formula is C14H18F3NO2. The van der Waals surface area contributed by atoms with Crippen LogP contribution in [0.1, 0.15) is 25.0 Å². The summed E-state index contributed by atoms with van der Waals surface area (Å²) in [6.45, 7) is 1.11. The Bertz CT molecular complexity index is 450. The molecule has 2 atom stereocenters. The van der Waals surface area contributed by atoms with Gasteiger partial charge >= 0.3 is 6.18 Å². The highest BCUT2D eigenvalue weighted by Crippen LogP contribution is 2.34. The zero-order valence-corrected chi connectivity index (χ0v) is 11.2. The molecule has 6 heteroatoms. The Morgan fingerprint density at radius 3 is 2.70 bits per heavy atom. The van der Waals surface area contributed by atoms with Gasteiger partial charge in [0.05, 0.1) is 12.6 Å². The van der Waals surface area contributed by atoms with Crippen LogP contribution >= 0.6 is 0 Å². The second-order valence-electron chi connectivity index (χ2n) is 4.95. The van der Waals surface area contributed by atoms with E-state index < -0.39 is 24.9 Å². The highest BCUT2D eigenvalue weighted by molar-refractivity contribution is 5.37. The van der Waals surface area contributed by atoms with E-state index in [1.807, 2.05) is 6.92 Å². The molecule has 0 bridgehead atoms. The van der Waals surface area contributed by atoms with E-state index in [4.69, 9.17) is 4.74 Å². The molecule has 2 unspecified atom stereocenters. The van der Waals surface area contributed by atoms with Gasteiger partial charge in [-0.1, -0.05) is 25.1 Å². The number of ether oxygens (including phenoxy) is 1. The third-order valence-corrected chi connectivity index (χ3v) is 3.37. The molecule has 3 nitrogen and oxygen atoms in total. The summed E-state index contributed by atoms with van der Waals surface area (Å²) in [5, 5.41) is 10.3. The lowest BCUT2D eigenvalue weighted by Crippen LogP contribution is -2.49. The van der Waals surface area contributed by atoms with Crippen molar-refractivity contribution in [2.75, 3.05) is 19.7 Å². The maximum Gasteiger partial charge on any atom is 0.401 e. The van der Waals surface area contributed by atoms with Crippen molar-refractivity contribution in [1.82, 2.24) is 4.90 Å². The van der Waals surface area contributed by atoms with Crippen molar-refractivity contribution in [2.24, 2.45) is 0 Å². The van der Waals surface area contributed by atoms with Crippen molar-refractivity contribution in [3.8, 4) is 5.75 Å². The molecule has 0 aromatic heterocycles. The van der Waals surface area contributed by atoms with Gasteiger partial charge in [-0.3, -0.25) is 4.90 Å². The van der Waals surface area contributed by atoms with Crippen molar-refractivity contribution in [3.63, 3.8) is 0 Å². The normalized spacial score (nSPS) is 22.5. The van der Waals surface area contributed by atoms with Gasteiger partial charge in [-0.05, 0) is 19.0 Å². The summed E-state index contributed by atoms with van der Waals surface area (Å²) >= 11 is 0. The first-order valence-electron chi connectivity index (χ1n) is 6.63. The average Bonchev–Trinajstić information content (AvgIpc) is 2.37. The number of aliphatic hydroxyl groups is 1. The predicted molar refractivity (Wildman–Crippen MR) is 68.6 cm³/mol. The molecule has 2 rings (SSSR count). The molecule has 20 heavy (non-hydrogen) atoms. The first kappa shape index (κ1) is 15.1. The number of hydrogen-bond acceptors (Lipinski definition) is 3. The summed E-state index contributed by atoms with van der Waals surface area (Å²) in [7, 11) is 0. The van der Waals surface area contributed by atoms with Crippen molar-refractivity contribution in [2.45, 2.75) is 31.7 Å². The summed E-state index contributed by atoms with van der Waals surface area (Å²) in [5.41, 5.74) is 0.548. The first-order valence-corrected chi connectivity index (χ1v) is 6.63. The summed E-state index contributed by atoms with van der Waals surface area (Å²) in [6, 6.07) is 6.23. The number of aliphatic hydroxyl groups excluding tert-OH is 1. The molecule has 112 valence electrons.